The van der Waals surface area contributed by atoms with Gasteiger partial charge in [0.1, 0.15) is 5.65 Å². The van der Waals surface area contributed by atoms with E-state index < -0.39 is 0 Å². The van der Waals surface area contributed by atoms with E-state index in [-0.39, 0.29) is 0 Å². The van der Waals surface area contributed by atoms with Crippen LogP contribution in [0.1, 0.15) is 0 Å². The van der Waals surface area contributed by atoms with Gasteiger partial charge in [-0.3, -0.25) is 4.57 Å². The number of nitrogens with zero attached hydrogens (tertiary/aromatic N) is 5. The van der Waals surface area contributed by atoms with Gasteiger partial charge in [0.2, 0.25) is 0 Å². The molecule has 0 fully saturated rings. The Morgan fingerprint density at radius 1 is 0.298 bits per heavy atom. The molecule has 0 atom stereocenters. The Kier molecular flexibility index (Phi) is 6.86. The Labute approximate surface area is 328 Å². The number of rotatable bonds is 5. The molecule has 0 radical (unpaired) electrons. The van der Waals surface area contributed by atoms with E-state index >= 15 is 0 Å². The molecule has 4 aromatic heterocycles. The van der Waals surface area contributed by atoms with Crippen molar-refractivity contribution in [2.24, 2.45) is 0 Å². The average molecular weight is 728 g/mol. The van der Waals surface area contributed by atoms with E-state index in [2.05, 4.69) is 214 Å². The van der Waals surface area contributed by atoms with Crippen molar-refractivity contribution in [1.82, 2.24) is 23.7 Å². The van der Waals surface area contributed by atoms with Crippen LogP contribution in [0.4, 0.5) is 0 Å². The maximum atomic E-state index is 5.56. The third-order valence-corrected chi connectivity index (χ3v) is 11.4. The van der Waals surface area contributed by atoms with Gasteiger partial charge < -0.3 is 9.13 Å². The zero-order valence-electron chi connectivity index (χ0n) is 30.8. The minimum Gasteiger partial charge on any atom is -0.309 e. The van der Waals surface area contributed by atoms with Crippen molar-refractivity contribution in [3.8, 4) is 39.7 Å². The summed E-state index contributed by atoms with van der Waals surface area (Å²) >= 11 is 0. The maximum Gasteiger partial charge on any atom is 0.162 e. The third kappa shape index (κ3) is 4.76. The van der Waals surface area contributed by atoms with Gasteiger partial charge in [0.05, 0.1) is 38.7 Å². The highest BCUT2D eigenvalue weighted by Crippen LogP contribution is 2.41. The zero-order valence-corrected chi connectivity index (χ0v) is 30.8. The summed E-state index contributed by atoms with van der Waals surface area (Å²) in [4.78, 5) is 11.0. The van der Waals surface area contributed by atoms with Crippen molar-refractivity contribution in [3.05, 3.63) is 200 Å². The molecule has 12 aromatic rings. The molecule has 0 spiro atoms. The summed E-state index contributed by atoms with van der Waals surface area (Å²) in [6.45, 7) is 0. The average Bonchev–Trinajstić information content (AvgIpc) is 3.92. The summed E-state index contributed by atoms with van der Waals surface area (Å²) in [5.74, 6) is 0.673. The summed E-state index contributed by atoms with van der Waals surface area (Å²) < 4.78 is 7.00. The predicted octanol–water partition coefficient (Wildman–Crippen LogP) is 13.1. The maximum absolute atomic E-state index is 5.56. The molecule has 0 saturated heterocycles. The second-order valence-electron chi connectivity index (χ2n) is 14.6. The van der Waals surface area contributed by atoms with Gasteiger partial charge in [-0.1, -0.05) is 127 Å². The number of hydrogen-bond donors (Lipinski definition) is 0. The van der Waals surface area contributed by atoms with E-state index in [1.165, 1.54) is 38.1 Å². The largest absolute Gasteiger partial charge is 0.309 e. The standard InChI is InChI=1S/C52H33N5/c1-3-17-36(18-4-1)55-46-28-13-9-24-41(46)43-33-34(30-31-48(43)55)50-49-42-25-10-14-29-47(42)57(37-19-5-2-6-20-37)52(49)54-51(53-50)35-16-15-21-38(32-35)56-44-26-11-7-22-39(44)40-23-8-12-27-45(40)56/h1-33H. The van der Waals surface area contributed by atoms with E-state index in [0.29, 0.717) is 5.82 Å². The van der Waals surface area contributed by atoms with Crippen LogP contribution >= 0.6 is 0 Å². The molecule has 0 aliphatic heterocycles. The van der Waals surface area contributed by atoms with Gasteiger partial charge in [0, 0.05) is 55.1 Å². The first-order valence-corrected chi connectivity index (χ1v) is 19.3. The van der Waals surface area contributed by atoms with E-state index in [1.807, 2.05) is 0 Å². The minimum atomic E-state index is 0.673. The first-order chi connectivity index (χ1) is 28.3. The highest BCUT2D eigenvalue weighted by molar-refractivity contribution is 6.16. The molecule has 12 rings (SSSR count). The topological polar surface area (TPSA) is 40.6 Å². The summed E-state index contributed by atoms with van der Waals surface area (Å²) in [7, 11) is 0. The first-order valence-electron chi connectivity index (χ1n) is 19.3. The van der Waals surface area contributed by atoms with Crippen molar-refractivity contribution >= 4 is 65.5 Å². The van der Waals surface area contributed by atoms with Gasteiger partial charge >= 0.3 is 0 Å². The number of benzene rings is 8. The van der Waals surface area contributed by atoms with Gasteiger partial charge in [-0.2, -0.15) is 0 Å². The molecular weight excluding hydrogens is 695 g/mol. The van der Waals surface area contributed by atoms with Crippen LogP contribution in [-0.4, -0.2) is 23.7 Å². The van der Waals surface area contributed by atoms with Crippen LogP contribution < -0.4 is 0 Å². The van der Waals surface area contributed by atoms with Crippen LogP contribution in [-0.2, 0) is 0 Å². The monoisotopic (exact) mass is 727 g/mol. The van der Waals surface area contributed by atoms with Gasteiger partial charge in [-0.05, 0) is 72.8 Å². The van der Waals surface area contributed by atoms with Crippen LogP contribution in [0, 0.1) is 0 Å². The van der Waals surface area contributed by atoms with Crippen molar-refractivity contribution in [2.75, 3.05) is 0 Å². The van der Waals surface area contributed by atoms with Crippen molar-refractivity contribution in [1.29, 1.82) is 0 Å². The fraction of sp³-hybridized carbons (Fsp3) is 0. The van der Waals surface area contributed by atoms with E-state index in [4.69, 9.17) is 9.97 Å². The van der Waals surface area contributed by atoms with Crippen molar-refractivity contribution in [3.63, 3.8) is 0 Å². The lowest BCUT2D eigenvalue weighted by molar-refractivity contribution is 1.11. The van der Waals surface area contributed by atoms with Gasteiger partial charge in [0.15, 0.2) is 5.82 Å². The van der Waals surface area contributed by atoms with Crippen molar-refractivity contribution in [2.45, 2.75) is 0 Å². The Morgan fingerprint density at radius 3 is 1.40 bits per heavy atom. The lowest BCUT2D eigenvalue weighted by Crippen LogP contribution is -2.00. The van der Waals surface area contributed by atoms with Crippen LogP contribution in [0.2, 0.25) is 0 Å². The second kappa shape index (κ2) is 12.4. The normalized spacial score (nSPS) is 11.9. The SMILES string of the molecule is c1ccc(-n2c3ccccc3c3cc(-c4nc(-c5cccc(-n6c7ccccc7c7ccccc76)c5)nc5c4c4ccccc4n5-c4ccccc4)ccc32)cc1. The lowest BCUT2D eigenvalue weighted by Gasteiger charge is -2.13. The fourth-order valence-corrected chi connectivity index (χ4v) is 8.99. The molecule has 4 heterocycles. The molecule has 0 amide bonds. The third-order valence-electron chi connectivity index (χ3n) is 11.4. The molecule has 0 aliphatic carbocycles. The van der Waals surface area contributed by atoms with Crippen LogP contribution in [0.15, 0.2) is 200 Å². The van der Waals surface area contributed by atoms with Crippen LogP contribution in [0.25, 0.3) is 105 Å². The molecule has 0 unspecified atom stereocenters. The predicted molar refractivity (Wildman–Crippen MR) is 236 cm³/mol. The fourth-order valence-electron chi connectivity index (χ4n) is 8.99. The smallest absolute Gasteiger partial charge is 0.162 e. The Morgan fingerprint density at radius 2 is 0.772 bits per heavy atom. The van der Waals surface area contributed by atoms with Gasteiger partial charge in [0.25, 0.3) is 0 Å². The summed E-state index contributed by atoms with van der Waals surface area (Å²) in [5.41, 5.74) is 12.8. The Balaban J connectivity index is 1.15. The summed E-state index contributed by atoms with van der Waals surface area (Å²) in [6, 6.07) is 71.2. The Bertz CT molecular complexity index is 3460. The van der Waals surface area contributed by atoms with E-state index in [9.17, 15) is 0 Å². The lowest BCUT2D eigenvalue weighted by atomic mass is 10.0. The number of aromatic nitrogens is 5. The second-order valence-corrected chi connectivity index (χ2v) is 14.6. The zero-order chi connectivity index (χ0) is 37.5. The van der Waals surface area contributed by atoms with Gasteiger partial charge in [-0.15, -0.1) is 0 Å². The first kappa shape index (κ1) is 31.6. The summed E-state index contributed by atoms with van der Waals surface area (Å²) in [5, 5.41) is 6.99. The molecule has 266 valence electrons. The van der Waals surface area contributed by atoms with Crippen LogP contribution in [0.5, 0.6) is 0 Å². The number of fused-ring (bicyclic) bond motifs is 9. The quantitative estimate of drug-likeness (QED) is 0.177. The van der Waals surface area contributed by atoms with E-state index in [0.717, 1.165) is 61.3 Å². The minimum absolute atomic E-state index is 0.673. The number of para-hydroxylation sites is 6. The Hall–Kier alpha value is -7.76. The molecule has 57 heavy (non-hydrogen) atoms. The van der Waals surface area contributed by atoms with E-state index in [1.54, 1.807) is 0 Å². The molecule has 0 N–H and O–H groups in total. The number of hydrogen-bond acceptors (Lipinski definition) is 2. The molecular formula is C52H33N5. The highest BCUT2D eigenvalue weighted by Gasteiger charge is 2.22. The molecule has 0 aliphatic rings. The molecule has 0 saturated carbocycles. The van der Waals surface area contributed by atoms with Crippen LogP contribution in [0.3, 0.4) is 0 Å². The molecule has 5 nitrogen and oxygen atoms in total. The molecule has 0 bridgehead atoms. The van der Waals surface area contributed by atoms with Crippen molar-refractivity contribution < 1.29 is 0 Å². The highest BCUT2D eigenvalue weighted by atomic mass is 15.1. The van der Waals surface area contributed by atoms with Gasteiger partial charge in [-0.25, -0.2) is 9.97 Å². The molecule has 5 heteroatoms. The molecule has 8 aromatic carbocycles. The summed E-state index contributed by atoms with van der Waals surface area (Å²) in [6.07, 6.45) is 0.